The Kier molecular flexibility index (Phi) is 22.6. The number of aldehydes is 1. The SMILES string of the molecule is C=N/C(=N\C(=NC1(c2ccc(Cl)cc2)CC1)Nc1ccc(C(=O)NCC(C)(C)CN)c(F)c1)OCC(F)(F)F.C=O.CC=O.CN.CNc1ccc(C)cc1. The van der Waals surface area contributed by atoms with Crippen molar-refractivity contribution < 1.29 is 36.7 Å². The Balaban J connectivity index is 0.00000153. The van der Waals surface area contributed by atoms with E-state index in [0.717, 1.165) is 17.9 Å². The van der Waals surface area contributed by atoms with Crippen LogP contribution >= 0.6 is 11.6 Å². The summed E-state index contributed by atoms with van der Waals surface area (Å²) in [6.07, 6.45) is -2.62. The van der Waals surface area contributed by atoms with Gasteiger partial charge in [-0.25, -0.2) is 14.4 Å². The van der Waals surface area contributed by atoms with E-state index in [-0.39, 0.29) is 29.2 Å². The Morgan fingerprint density at radius 2 is 1.56 bits per heavy atom. The normalized spacial score (nSPS) is 12.9. The molecule has 3 aromatic rings. The van der Waals surface area contributed by atoms with Crippen LogP contribution in [-0.2, 0) is 19.9 Å². The number of hydrogen-bond donors (Lipinski definition) is 5. The fraction of sp³-hybridized carbons (Fsp3) is 0.368. The molecule has 1 saturated carbocycles. The maximum atomic E-state index is 14.9. The highest BCUT2D eigenvalue weighted by Gasteiger charge is 2.45. The van der Waals surface area contributed by atoms with E-state index in [0.29, 0.717) is 24.4 Å². The number of alkyl halides is 3. The number of aliphatic imine (C=N–C) groups is 3. The number of hydrogen-bond acceptors (Lipinski definition) is 8. The summed E-state index contributed by atoms with van der Waals surface area (Å²) in [5.74, 6) is -1.64. The molecule has 17 heteroatoms. The van der Waals surface area contributed by atoms with Crippen LogP contribution in [-0.4, -0.2) is 77.6 Å². The summed E-state index contributed by atoms with van der Waals surface area (Å²) in [6.45, 7) is 11.4. The van der Waals surface area contributed by atoms with Gasteiger partial charge < -0.3 is 41.7 Å². The molecular weight excluding hydrogens is 744 g/mol. The predicted octanol–water partition coefficient (Wildman–Crippen LogP) is 6.92. The fourth-order valence-electron chi connectivity index (χ4n) is 4.09. The maximum Gasteiger partial charge on any atom is 0.422 e. The molecule has 0 saturated heterocycles. The van der Waals surface area contributed by atoms with Crippen LogP contribution in [0.4, 0.5) is 28.9 Å². The molecule has 1 aliphatic rings. The number of nitrogens with two attached hydrogens (primary N) is 2. The third-order valence-corrected chi connectivity index (χ3v) is 7.47. The van der Waals surface area contributed by atoms with Gasteiger partial charge in [-0.05, 0) is 100 Å². The molecule has 12 nitrogen and oxygen atoms in total. The second kappa shape index (κ2) is 25.0. The number of amides is 1. The molecule has 1 amide bonds. The topological polar surface area (TPSA) is 186 Å². The lowest BCUT2D eigenvalue weighted by atomic mass is 9.94. The van der Waals surface area contributed by atoms with Crippen molar-refractivity contribution in [1.82, 2.24) is 5.32 Å². The number of aryl methyl sites for hydroxylation is 1. The van der Waals surface area contributed by atoms with Crippen LogP contribution in [0, 0.1) is 18.2 Å². The van der Waals surface area contributed by atoms with E-state index >= 15 is 0 Å². The zero-order valence-electron chi connectivity index (χ0n) is 31.9. The van der Waals surface area contributed by atoms with Crippen molar-refractivity contribution in [1.29, 1.82) is 0 Å². The van der Waals surface area contributed by atoms with E-state index in [1.807, 2.05) is 27.7 Å². The minimum absolute atomic E-state index is 0.139. The number of ether oxygens (including phenoxy) is 1. The molecule has 0 bridgehead atoms. The molecule has 0 radical (unpaired) electrons. The summed E-state index contributed by atoms with van der Waals surface area (Å²) in [6, 6.07) is 18.3. The molecule has 0 aromatic heterocycles. The van der Waals surface area contributed by atoms with Gasteiger partial charge in [-0.15, -0.1) is 0 Å². The summed E-state index contributed by atoms with van der Waals surface area (Å²) in [4.78, 5) is 41.3. The molecule has 302 valence electrons. The number of carbonyl (C=O) groups excluding carboxylic acids is 3. The lowest BCUT2D eigenvalue weighted by Gasteiger charge is -2.22. The van der Waals surface area contributed by atoms with E-state index in [2.05, 4.69) is 79.3 Å². The second-order valence-electron chi connectivity index (χ2n) is 12.2. The van der Waals surface area contributed by atoms with Crippen molar-refractivity contribution in [2.75, 3.05) is 44.4 Å². The van der Waals surface area contributed by atoms with Crippen LogP contribution in [0.3, 0.4) is 0 Å². The van der Waals surface area contributed by atoms with E-state index in [1.54, 1.807) is 24.3 Å². The van der Waals surface area contributed by atoms with Crippen molar-refractivity contribution in [2.45, 2.75) is 52.3 Å². The lowest BCUT2D eigenvalue weighted by molar-refractivity contribution is -0.156. The van der Waals surface area contributed by atoms with E-state index in [4.69, 9.17) is 26.9 Å². The average molecular weight is 795 g/mol. The molecule has 0 spiro atoms. The van der Waals surface area contributed by atoms with Crippen molar-refractivity contribution in [3.05, 3.63) is 94.3 Å². The van der Waals surface area contributed by atoms with Crippen molar-refractivity contribution in [3.63, 3.8) is 0 Å². The number of halogens is 5. The number of amidine groups is 1. The quantitative estimate of drug-likeness (QED) is 0.0669. The molecule has 0 heterocycles. The summed E-state index contributed by atoms with van der Waals surface area (Å²) < 4.78 is 57.6. The Morgan fingerprint density at radius 3 is 2.02 bits per heavy atom. The third-order valence-electron chi connectivity index (χ3n) is 7.22. The van der Waals surface area contributed by atoms with Gasteiger partial charge in [-0.2, -0.15) is 18.2 Å². The lowest BCUT2D eigenvalue weighted by Crippen LogP contribution is -2.38. The molecule has 0 aliphatic heterocycles. The fourth-order valence-corrected chi connectivity index (χ4v) is 4.22. The zero-order valence-corrected chi connectivity index (χ0v) is 32.7. The van der Waals surface area contributed by atoms with Gasteiger partial charge in [0, 0.05) is 30.0 Å². The van der Waals surface area contributed by atoms with E-state index < -0.39 is 36.1 Å². The number of anilines is 2. The Morgan fingerprint density at radius 1 is 1.02 bits per heavy atom. The van der Waals surface area contributed by atoms with Crippen LogP contribution in [0.1, 0.15) is 55.1 Å². The summed E-state index contributed by atoms with van der Waals surface area (Å²) in [5, 5.41) is 9.02. The van der Waals surface area contributed by atoms with Gasteiger partial charge in [-0.3, -0.25) is 4.79 Å². The van der Waals surface area contributed by atoms with Crippen LogP contribution < -0.4 is 27.4 Å². The molecule has 3 aromatic carbocycles. The highest BCUT2D eigenvalue weighted by molar-refractivity contribution is 6.30. The van der Waals surface area contributed by atoms with Crippen molar-refractivity contribution in [3.8, 4) is 0 Å². The minimum Gasteiger partial charge on any atom is -0.454 e. The highest BCUT2D eigenvalue weighted by Crippen LogP contribution is 2.50. The van der Waals surface area contributed by atoms with Crippen LogP contribution in [0.15, 0.2) is 81.7 Å². The van der Waals surface area contributed by atoms with Crippen LogP contribution in [0.2, 0.25) is 5.02 Å². The first kappa shape index (κ1) is 49.8. The smallest absolute Gasteiger partial charge is 0.422 e. The van der Waals surface area contributed by atoms with Crippen molar-refractivity contribution in [2.24, 2.45) is 31.9 Å². The first-order valence-corrected chi connectivity index (χ1v) is 17.0. The van der Waals surface area contributed by atoms with E-state index in [9.17, 15) is 22.4 Å². The second-order valence-corrected chi connectivity index (χ2v) is 12.6. The molecule has 0 atom stereocenters. The van der Waals surface area contributed by atoms with Gasteiger partial charge in [0.05, 0.1) is 11.1 Å². The third kappa shape index (κ3) is 19.1. The van der Waals surface area contributed by atoms with Gasteiger partial charge in [-0.1, -0.05) is 55.3 Å². The number of benzene rings is 3. The summed E-state index contributed by atoms with van der Waals surface area (Å²) in [7, 11) is 3.42. The number of nitrogens with one attached hydrogen (secondary N) is 3. The summed E-state index contributed by atoms with van der Waals surface area (Å²) in [5.41, 5.74) is 12.3. The minimum atomic E-state index is -4.63. The molecule has 7 N–H and O–H groups in total. The average Bonchev–Trinajstić information content (AvgIpc) is 3.95. The first-order valence-electron chi connectivity index (χ1n) is 16.7. The first-order chi connectivity index (χ1) is 26.0. The van der Waals surface area contributed by atoms with Crippen molar-refractivity contribution >= 4 is 60.7 Å². The monoisotopic (exact) mass is 794 g/mol. The molecule has 1 fully saturated rings. The molecule has 4 rings (SSSR count). The van der Waals surface area contributed by atoms with Crippen LogP contribution in [0.25, 0.3) is 0 Å². The molecule has 0 unspecified atom stereocenters. The Hall–Kier alpha value is -5.19. The number of rotatable bonds is 9. The molecular formula is C38H51ClF4N8O4. The predicted molar refractivity (Wildman–Crippen MR) is 214 cm³/mol. The number of guanidine groups is 1. The summed E-state index contributed by atoms with van der Waals surface area (Å²) >= 11 is 5.99. The largest absolute Gasteiger partial charge is 0.454 e. The zero-order chi connectivity index (χ0) is 42.2. The van der Waals surface area contributed by atoms with Crippen LogP contribution in [0.5, 0.6) is 0 Å². The van der Waals surface area contributed by atoms with Gasteiger partial charge in [0.1, 0.15) is 18.9 Å². The Labute approximate surface area is 324 Å². The van der Waals surface area contributed by atoms with Gasteiger partial charge >= 0.3 is 12.2 Å². The van der Waals surface area contributed by atoms with Gasteiger partial charge in [0.25, 0.3) is 5.91 Å². The van der Waals surface area contributed by atoms with Gasteiger partial charge in [0.2, 0.25) is 5.96 Å². The Bertz CT molecular complexity index is 1680. The molecule has 1 aliphatic carbocycles. The number of nitrogens with zero attached hydrogens (tertiary/aromatic N) is 3. The van der Waals surface area contributed by atoms with Gasteiger partial charge in [0.15, 0.2) is 6.61 Å². The molecule has 55 heavy (non-hydrogen) atoms. The maximum absolute atomic E-state index is 14.9. The standard InChI is InChI=1S/C26H29ClF4N6O2.C8H11N.C2H4O.CH5N.CH2O/c1-24(2,13-32)14-34-21(38)19-9-8-18(12-20(19)28)35-22(36-23(33-3)39-15-26(29,30)31)37-25(10-11-25)16-4-6-17(27)7-5-16;1-7-3-5-8(9-2)6-4-7;1-2-3;2*1-2/h4-9,12H,3,10-11,13-15,32H2,1-2H3,(H,34,38)(H,35,37);3-6,9H,1-2H3;2H,1H3;2H2,1H3;1H2/b36-23+;;;;. The van der Waals surface area contributed by atoms with E-state index in [1.165, 1.54) is 37.4 Å². The highest BCUT2D eigenvalue weighted by atomic mass is 35.5. The number of carbonyl (C=O) groups is 3.